The van der Waals surface area contributed by atoms with Crippen molar-refractivity contribution in [3.63, 3.8) is 0 Å². The van der Waals surface area contributed by atoms with Gasteiger partial charge in [-0.1, -0.05) is 143 Å². The molecule has 1 aliphatic heterocycles. The van der Waals surface area contributed by atoms with Gasteiger partial charge in [-0.2, -0.15) is 0 Å². The topological polar surface area (TPSA) is 8.17 Å². The van der Waals surface area contributed by atoms with E-state index in [4.69, 9.17) is 0 Å². The first kappa shape index (κ1) is 33.8. The molecule has 13 rings (SSSR count). The number of para-hydroxylation sites is 2. The first-order chi connectivity index (χ1) is 29.3. The fourth-order valence-electron chi connectivity index (χ4n) is 11.3. The minimum Gasteiger partial charge on any atom is -0.310 e. The Labute approximate surface area is 349 Å². The van der Waals surface area contributed by atoms with Crippen LogP contribution in [-0.2, 0) is 10.8 Å². The van der Waals surface area contributed by atoms with Gasteiger partial charge in [0.05, 0.1) is 22.4 Å². The molecule has 1 aromatic heterocycles. The molecule has 0 radical (unpaired) electrons. The van der Waals surface area contributed by atoms with Crippen LogP contribution in [0.25, 0.3) is 81.7 Å². The van der Waals surface area contributed by atoms with E-state index in [1.165, 1.54) is 110 Å². The number of anilines is 3. The molecule has 284 valence electrons. The lowest BCUT2D eigenvalue weighted by Gasteiger charge is -2.43. The molecule has 0 amide bonds. The third-order valence-electron chi connectivity index (χ3n) is 14.3. The summed E-state index contributed by atoms with van der Waals surface area (Å²) in [5.41, 5.74) is 14.9. The Morgan fingerprint density at radius 2 is 0.767 bits per heavy atom. The number of aromatic nitrogens is 1. The van der Waals surface area contributed by atoms with Crippen molar-refractivity contribution in [2.75, 3.05) is 4.90 Å². The van der Waals surface area contributed by atoms with Crippen molar-refractivity contribution in [3.8, 4) is 16.8 Å². The van der Waals surface area contributed by atoms with Gasteiger partial charge in [-0.3, -0.25) is 0 Å². The predicted molar refractivity (Wildman–Crippen MR) is 255 cm³/mol. The highest BCUT2D eigenvalue weighted by molar-refractivity contribution is 6.26. The van der Waals surface area contributed by atoms with Crippen molar-refractivity contribution in [1.29, 1.82) is 0 Å². The van der Waals surface area contributed by atoms with Gasteiger partial charge in [0, 0.05) is 33.0 Å². The van der Waals surface area contributed by atoms with Gasteiger partial charge in [-0.05, 0) is 143 Å². The average Bonchev–Trinajstić information content (AvgIpc) is 3.73. The molecule has 2 nitrogen and oxygen atoms in total. The highest BCUT2D eigenvalue weighted by Gasteiger charge is 2.43. The maximum atomic E-state index is 2.57. The second-order valence-corrected chi connectivity index (χ2v) is 18.1. The van der Waals surface area contributed by atoms with Gasteiger partial charge in [-0.25, -0.2) is 0 Å². The summed E-state index contributed by atoms with van der Waals surface area (Å²) in [7, 11) is 0. The molecule has 2 heteroatoms. The van der Waals surface area contributed by atoms with Crippen LogP contribution in [0.4, 0.5) is 17.1 Å². The number of rotatable bonds is 2. The molecule has 0 fully saturated rings. The predicted octanol–water partition coefficient (Wildman–Crippen LogP) is 15.8. The van der Waals surface area contributed by atoms with E-state index in [1.807, 2.05) is 0 Å². The van der Waals surface area contributed by atoms with E-state index in [-0.39, 0.29) is 10.8 Å². The quantitative estimate of drug-likeness (QED) is 0.159. The number of hydrogen-bond acceptors (Lipinski definition) is 1. The van der Waals surface area contributed by atoms with E-state index in [2.05, 4.69) is 219 Å². The van der Waals surface area contributed by atoms with Gasteiger partial charge in [-0.15, -0.1) is 0 Å². The van der Waals surface area contributed by atoms with E-state index < -0.39 is 0 Å². The number of fused-ring (bicyclic) bond motifs is 15. The summed E-state index contributed by atoms with van der Waals surface area (Å²) in [4.78, 5) is 2.57. The second-order valence-electron chi connectivity index (χ2n) is 18.1. The van der Waals surface area contributed by atoms with E-state index in [9.17, 15) is 0 Å². The SMILES string of the molecule is CC1(C)c2cc3c(cc2-c2cc4c5ccccc5c5ccccc5c4cc21)C(C)(C)c1cc2ccccc2cc1N3c1cccc(-n2c3ccccc3c3ccccc32)c1. The molecule has 11 aromatic rings. The van der Waals surface area contributed by atoms with Gasteiger partial charge in [0.1, 0.15) is 0 Å². The minimum atomic E-state index is -0.267. The lowest BCUT2D eigenvalue weighted by atomic mass is 9.71. The maximum Gasteiger partial charge on any atom is 0.0541 e. The van der Waals surface area contributed by atoms with Crippen molar-refractivity contribution in [3.05, 3.63) is 204 Å². The zero-order chi connectivity index (χ0) is 40.1. The summed E-state index contributed by atoms with van der Waals surface area (Å²) in [6, 6.07) is 68.6. The molecular weight excluding hydrogens is 725 g/mol. The molecule has 0 saturated carbocycles. The van der Waals surface area contributed by atoms with Gasteiger partial charge in [0.25, 0.3) is 0 Å². The first-order valence-electron chi connectivity index (χ1n) is 21.3. The lowest BCUT2D eigenvalue weighted by Crippen LogP contribution is -2.31. The maximum absolute atomic E-state index is 2.57. The zero-order valence-corrected chi connectivity index (χ0v) is 34.2. The van der Waals surface area contributed by atoms with Crippen molar-refractivity contribution < 1.29 is 0 Å². The molecule has 60 heavy (non-hydrogen) atoms. The standard InChI is InChI=1S/C58H42N2/c1-57(2)49-32-46-42-23-10-8-21-40(42)39-20-7-9-22-41(39)45(46)31-47(49)48-33-52-56(34-50(48)57)60(55-29-36-17-6-5-16-35(36)28-51(55)58(52,3)4)38-19-15-18-37(30-38)59-53-26-13-11-24-43(53)44-25-12-14-27-54(44)59/h5-34H,1-4H3. The number of benzene rings is 10. The van der Waals surface area contributed by atoms with E-state index >= 15 is 0 Å². The third kappa shape index (κ3) is 4.38. The van der Waals surface area contributed by atoms with Gasteiger partial charge >= 0.3 is 0 Å². The summed E-state index contributed by atoms with van der Waals surface area (Å²) >= 11 is 0. The van der Waals surface area contributed by atoms with Crippen LogP contribution >= 0.6 is 0 Å². The summed E-state index contributed by atoms with van der Waals surface area (Å²) in [5.74, 6) is 0. The zero-order valence-electron chi connectivity index (χ0n) is 34.2. The molecule has 0 atom stereocenters. The molecule has 2 aliphatic rings. The smallest absolute Gasteiger partial charge is 0.0541 e. The molecule has 0 N–H and O–H groups in total. The minimum absolute atomic E-state index is 0.217. The van der Waals surface area contributed by atoms with Gasteiger partial charge in [0.2, 0.25) is 0 Å². The van der Waals surface area contributed by atoms with Gasteiger partial charge in [0.15, 0.2) is 0 Å². The monoisotopic (exact) mass is 766 g/mol. The Hall–Kier alpha value is -7.16. The molecule has 0 saturated heterocycles. The molecular formula is C58H42N2. The Morgan fingerprint density at radius 3 is 1.42 bits per heavy atom. The number of hydrogen-bond donors (Lipinski definition) is 0. The van der Waals surface area contributed by atoms with Crippen LogP contribution in [0.15, 0.2) is 182 Å². The number of nitrogens with zero attached hydrogens (tertiary/aromatic N) is 2. The molecule has 0 bridgehead atoms. The first-order valence-corrected chi connectivity index (χ1v) is 21.3. The van der Waals surface area contributed by atoms with Crippen molar-refractivity contribution in [1.82, 2.24) is 4.57 Å². The van der Waals surface area contributed by atoms with Crippen LogP contribution in [-0.4, -0.2) is 4.57 Å². The highest BCUT2D eigenvalue weighted by Crippen LogP contribution is 2.59. The summed E-state index contributed by atoms with van der Waals surface area (Å²) in [5, 5.41) is 13.0. The van der Waals surface area contributed by atoms with Crippen molar-refractivity contribution >= 4 is 82.0 Å². The van der Waals surface area contributed by atoms with Crippen LogP contribution in [0.2, 0.25) is 0 Å². The molecule has 2 heterocycles. The van der Waals surface area contributed by atoms with E-state index in [0.717, 1.165) is 11.4 Å². The van der Waals surface area contributed by atoms with Gasteiger partial charge < -0.3 is 9.47 Å². The fourth-order valence-corrected chi connectivity index (χ4v) is 11.3. The molecule has 0 unspecified atom stereocenters. The summed E-state index contributed by atoms with van der Waals surface area (Å²) in [6.45, 7) is 9.72. The Morgan fingerprint density at radius 1 is 0.317 bits per heavy atom. The van der Waals surface area contributed by atoms with Crippen LogP contribution in [0, 0.1) is 0 Å². The Kier molecular flexibility index (Phi) is 6.61. The Balaban J connectivity index is 1.09. The normalized spacial score (nSPS) is 14.9. The highest BCUT2D eigenvalue weighted by atomic mass is 15.2. The summed E-state index contributed by atoms with van der Waals surface area (Å²) in [6.07, 6.45) is 0. The second kappa shape index (κ2) is 11.7. The average molecular weight is 767 g/mol. The summed E-state index contributed by atoms with van der Waals surface area (Å²) < 4.78 is 2.44. The molecule has 10 aromatic carbocycles. The van der Waals surface area contributed by atoms with E-state index in [1.54, 1.807) is 0 Å². The van der Waals surface area contributed by atoms with Crippen LogP contribution < -0.4 is 4.90 Å². The lowest BCUT2D eigenvalue weighted by molar-refractivity contribution is 0.628. The van der Waals surface area contributed by atoms with Crippen molar-refractivity contribution in [2.45, 2.75) is 38.5 Å². The van der Waals surface area contributed by atoms with Crippen LogP contribution in [0.3, 0.4) is 0 Å². The largest absolute Gasteiger partial charge is 0.310 e. The molecule has 0 spiro atoms. The Bertz CT molecular complexity index is 3620. The third-order valence-corrected chi connectivity index (χ3v) is 14.3. The van der Waals surface area contributed by atoms with E-state index in [0.29, 0.717) is 0 Å². The molecule has 1 aliphatic carbocycles. The van der Waals surface area contributed by atoms with Crippen molar-refractivity contribution in [2.24, 2.45) is 0 Å². The van der Waals surface area contributed by atoms with Crippen LogP contribution in [0.5, 0.6) is 0 Å². The fraction of sp³-hybridized carbons (Fsp3) is 0.103. The van der Waals surface area contributed by atoms with Crippen LogP contribution in [0.1, 0.15) is 49.9 Å².